The Balaban J connectivity index is 1.69. The van der Waals surface area contributed by atoms with Crippen molar-refractivity contribution < 1.29 is 32.5 Å². The van der Waals surface area contributed by atoms with Crippen molar-refractivity contribution >= 4 is 22.5 Å². The minimum absolute atomic E-state index is 0.0126. The zero-order valence-electron chi connectivity index (χ0n) is 21.0. The summed E-state index contributed by atoms with van der Waals surface area (Å²) in [4.78, 5) is 13.4. The minimum atomic E-state index is -3.71. The van der Waals surface area contributed by atoms with Gasteiger partial charge in [0.25, 0.3) is 5.92 Å². The SMILES string of the molecule is COc1cc2c(C)nnc(N[C@H](C)c3cccc(C(F)(F)CO)c3F)c2cc1O[C@H]1CCN(C(C)=O)C1. The van der Waals surface area contributed by atoms with Gasteiger partial charge in [0.15, 0.2) is 17.3 Å². The van der Waals surface area contributed by atoms with Gasteiger partial charge in [-0.25, -0.2) is 4.39 Å². The Kier molecular flexibility index (Phi) is 7.44. The van der Waals surface area contributed by atoms with Gasteiger partial charge in [0.1, 0.15) is 18.5 Å². The number of hydrogen-bond acceptors (Lipinski definition) is 7. The van der Waals surface area contributed by atoms with Gasteiger partial charge in [-0.15, -0.1) is 5.10 Å². The van der Waals surface area contributed by atoms with Crippen molar-refractivity contribution in [2.24, 2.45) is 0 Å². The van der Waals surface area contributed by atoms with Crippen molar-refractivity contribution in [2.75, 3.05) is 32.1 Å². The number of fused-ring (bicyclic) bond motifs is 1. The second kappa shape index (κ2) is 10.4. The molecule has 2 N–H and O–H groups in total. The molecule has 11 heteroatoms. The number of nitrogens with zero attached hydrogens (tertiary/aromatic N) is 3. The van der Waals surface area contributed by atoms with Crippen LogP contribution in [0.5, 0.6) is 11.5 Å². The maximum atomic E-state index is 15.0. The van der Waals surface area contributed by atoms with Crippen LogP contribution in [-0.2, 0) is 10.7 Å². The summed E-state index contributed by atoms with van der Waals surface area (Å²) in [5, 5.41) is 21.8. The summed E-state index contributed by atoms with van der Waals surface area (Å²) < 4.78 is 54.8. The lowest BCUT2D eigenvalue weighted by molar-refractivity contribution is -0.128. The maximum absolute atomic E-state index is 15.0. The highest BCUT2D eigenvalue weighted by Crippen LogP contribution is 2.38. The molecule has 198 valence electrons. The monoisotopic (exact) mass is 518 g/mol. The van der Waals surface area contributed by atoms with Crippen LogP contribution in [-0.4, -0.2) is 59.0 Å². The van der Waals surface area contributed by atoms with Crippen molar-refractivity contribution in [1.29, 1.82) is 0 Å². The number of halogens is 3. The fourth-order valence-electron chi connectivity index (χ4n) is 4.47. The lowest BCUT2D eigenvalue weighted by Gasteiger charge is -2.22. The van der Waals surface area contributed by atoms with Crippen molar-refractivity contribution in [3.63, 3.8) is 0 Å². The van der Waals surface area contributed by atoms with E-state index >= 15 is 4.39 Å². The van der Waals surface area contributed by atoms with Gasteiger partial charge in [-0.3, -0.25) is 4.79 Å². The number of nitrogens with one attached hydrogen (secondary N) is 1. The van der Waals surface area contributed by atoms with Crippen LogP contribution in [0.2, 0.25) is 0 Å². The first-order valence-electron chi connectivity index (χ1n) is 11.9. The molecule has 0 saturated carbocycles. The van der Waals surface area contributed by atoms with E-state index in [0.29, 0.717) is 53.3 Å². The number of anilines is 1. The number of ether oxygens (including phenoxy) is 2. The van der Waals surface area contributed by atoms with Crippen LogP contribution in [0.15, 0.2) is 30.3 Å². The fraction of sp³-hybridized carbons (Fsp3) is 0.423. The number of hydrogen-bond donors (Lipinski definition) is 2. The first-order valence-corrected chi connectivity index (χ1v) is 11.9. The molecule has 3 aromatic rings. The summed E-state index contributed by atoms with van der Waals surface area (Å²) in [6.07, 6.45) is 0.455. The first kappa shape index (κ1) is 26.5. The van der Waals surface area contributed by atoms with Crippen LogP contribution in [0.3, 0.4) is 0 Å². The predicted octanol–water partition coefficient (Wildman–Crippen LogP) is 4.34. The quantitative estimate of drug-likeness (QED) is 0.458. The van der Waals surface area contributed by atoms with Gasteiger partial charge in [0.2, 0.25) is 5.91 Å². The highest BCUT2D eigenvalue weighted by atomic mass is 19.3. The Morgan fingerprint density at radius 3 is 2.65 bits per heavy atom. The molecule has 0 unspecified atom stereocenters. The third-order valence-corrected chi connectivity index (χ3v) is 6.57. The molecule has 1 aliphatic heterocycles. The lowest BCUT2D eigenvalue weighted by atomic mass is 10.00. The van der Waals surface area contributed by atoms with E-state index in [9.17, 15) is 13.6 Å². The number of aliphatic hydroxyl groups is 1. The van der Waals surface area contributed by atoms with Gasteiger partial charge in [-0.05, 0) is 32.0 Å². The number of carbonyl (C=O) groups is 1. The normalized spacial score (nSPS) is 16.6. The standard InChI is InChI=1S/C26H29F3N4O4/c1-14(18-6-5-7-21(24(18)27)26(28,29)13-34)30-25-20-11-23(37-17-8-9-33(12-17)16(3)35)22(36-4)10-19(20)15(2)31-32-25/h5-7,10-11,14,17,34H,8-9,12-13H2,1-4H3,(H,30,32)/t14-,17+/m1/s1. The van der Waals surface area contributed by atoms with Crippen LogP contribution < -0.4 is 14.8 Å². The lowest BCUT2D eigenvalue weighted by Crippen LogP contribution is -2.28. The average Bonchev–Trinajstić information content (AvgIpc) is 3.34. The molecule has 2 aromatic carbocycles. The van der Waals surface area contributed by atoms with E-state index in [2.05, 4.69) is 15.5 Å². The smallest absolute Gasteiger partial charge is 0.298 e. The first-order chi connectivity index (χ1) is 17.6. The molecular formula is C26H29F3N4O4. The van der Waals surface area contributed by atoms with E-state index in [1.54, 1.807) is 30.9 Å². The Morgan fingerprint density at radius 1 is 1.27 bits per heavy atom. The minimum Gasteiger partial charge on any atom is -0.493 e. The number of benzene rings is 2. The van der Waals surface area contributed by atoms with Gasteiger partial charge in [-0.2, -0.15) is 13.9 Å². The van der Waals surface area contributed by atoms with Crippen molar-refractivity contribution in [1.82, 2.24) is 15.1 Å². The molecule has 1 aliphatic rings. The molecule has 0 radical (unpaired) electrons. The molecule has 2 atom stereocenters. The molecule has 1 amide bonds. The highest BCUT2D eigenvalue weighted by Gasteiger charge is 2.35. The number of rotatable bonds is 8. The van der Waals surface area contributed by atoms with Crippen LogP contribution in [0.1, 0.15) is 43.1 Å². The maximum Gasteiger partial charge on any atom is 0.298 e. The summed E-state index contributed by atoms with van der Waals surface area (Å²) in [7, 11) is 1.52. The van der Waals surface area contributed by atoms with Gasteiger partial charge < -0.3 is 24.8 Å². The molecule has 2 heterocycles. The van der Waals surface area contributed by atoms with E-state index in [0.717, 1.165) is 6.07 Å². The number of methoxy groups -OCH3 is 1. The Bertz CT molecular complexity index is 1320. The molecular weight excluding hydrogens is 489 g/mol. The largest absolute Gasteiger partial charge is 0.493 e. The predicted molar refractivity (Wildman–Crippen MR) is 132 cm³/mol. The van der Waals surface area contributed by atoms with Crippen LogP contribution >= 0.6 is 0 Å². The van der Waals surface area contributed by atoms with Crippen molar-refractivity contribution in [3.05, 3.63) is 53.0 Å². The summed E-state index contributed by atoms with van der Waals surface area (Å²) in [6.45, 7) is 4.47. The van der Waals surface area contributed by atoms with E-state index < -0.39 is 30.0 Å². The molecule has 37 heavy (non-hydrogen) atoms. The number of alkyl halides is 2. The number of likely N-dealkylation sites (tertiary alicyclic amines) is 1. The molecule has 1 aromatic heterocycles. The molecule has 0 bridgehead atoms. The third-order valence-electron chi connectivity index (χ3n) is 6.57. The molecule has 8 nitrogen and oxygen atoms in total. The van der Waals surface area contributed by atoms with Crippen LogP contribution in [0, 0.1) is 12.7 Å². The topological polar surface area (TPSA) is 96.8 Å². The second-order valence-corrected chi connectivity index (χ2v) is 9.11. The molecule has 1 saturated heterocycles. The summed E-state index contributed by atoms with van der Waals surface area (Å²) in [6, 6.07) is 6.41. The Morgan fingerprint density at radius 2 is 2.00 bits per heavy atom. The van der Waals surface area contributed by atoms with Gasteiger partial charge in [0, 0.05) is 36.2 Å². The van der Waals surface area contributed by atoms with Crippen LogP contribution in [0.4, 0.5) is 19.0 Å². The molecule has 1 fully saturated rings. The number of aromatic nitrogens is 2. The third kappa shape index (κ3) is 5.27. The summed E-state index contributed by atoms with van der Waals surface area (Å²) in [5.41, 5.74) is -0.267. The van der Waals surface area contributed by atoms with Crippen molar-refractivity contribution in [3.8, 4) is 11.5 Å². The van der Waals surface area contributed by atoms with E-state index in [1.807, 2.05) is 0 Å². The number of amides is 1. The summed E-state index contributed by atoms with van der Waals surface area (Å²) in [5.74, 6) is -3.60. The van der Waals surface area contributed by atoms with E-state index in [-0.39, 0.29) is 17.6 Å². The van der Waals surface area contributed by atoms with Crippen LogP contribution in [0.25, 0.3) is 10.8 Å². The van der Waals surface area contributed by atoms with E-state index in [1.165, 1.54) is 26.2 Å². The number of aliphatic hydroxyl groups excluding tert-OH is 1. The summed E-state index contributed by atoms with van der Waals surface area (Å²) >= 11 is 0. The number of carbonyl (C=O) groups excluding carboxylic acids is 1. The second-order valence-electron chi connectivity index (χ2n) is 9.11. The van der Waals surface area contributed by atoms with Gasteiger partial charge in [0.05, 0.1) is 31.0 Å². The number of aryl methyl sites for hydroxylation is 1. The Hall–Kier alpha value is -3.60. The van der Waals surface area contributed by atoms with Gasteiger partial charge in [-0.1, -0.05) is 12.1 Å². The molecule has 4 rings (SSSR count). The molecule has 0 aliphatic carbocycles. The van der Waals surface area contributed by atoms with E-state index in [4.69, 9.17) is 14.6 Å². The van der Waals surface area contributed by atoms with Crippen molar-refractivity contribution in [2.45, 2.75) is 45.3 Å². The average molecular weight is 519 g/mol. The highest BCUT2D eigenvalue weighted by molar-refractivity contribution is 5.95. The zero-order chi connectivity index (χ0) is 26.9. The Labute approximate surface area is 212 Å². The van der Waals surface area contributed by atoms with Gasteiger partial charge >= 0.3 is 0 Å². The molecule has 0 spiro atoms. The zero-order valence-corrected chi connectivity index (χ0v) is 21.0. The fourth-order valence-corrected chi connectivity index (χ4v) is 4.47.